The lowest BCUT2D eigenvalue weighted by Gasteiger charge is -2.47. The zero-order chi connectivity index (χ0) is 27.3. The van der Waals surface area contributed by atoms with Gasteiger partial charge in [-0.2, -0.15) is 0 Å². The van der Waals surface area contributed by atoms with Crippen LogP contribution in [-0.4, -0.2) is 68.9 Å². The van der Waals surface area contributed by atoms with Gasteiger partial charge in [-0.1, -0.05) is 19.1 Å². The summed E-state index contributed by atoms with van der Waals surface area (Å²) >= 11 is 0. The van der Waals surface area contributed by atoms with Crippen molar-refractivity contribution in [2.75, 3.05) is 6.54 Å². The Labute approximate surface area is 223 Å². The second-order valence-electron chi connectivity index (χ2n) is 12.1. The molecule has 0 aromatic rings. The van der Waals surface area contributed by atoms with Crippen molar-refractivity contribution >= 4 is 17.6 Å². The number of carbonyl (C=O) groups excluding carboxylic acids is 3. The molecule has 208 valence electrons. The van der Waals surface area contributed by atoms with Crippen LogP contribution in [-0.2, 0) is 14.4 Å². The lowest BCUT2D eigenvalue weighted by Crippen LogP contribution is -2.53. The van der Waals surface area contributed by atoms with Crippen LogP contribution in [0.25, 0.3) is 0 Å². The molecule has 5 rings (SSSR count). The van der Waals surface area contributed by atoms with Crippen LogP contribution in [0.15, 0.2) is 35.6 Å². The van der Waals surface area contributed by atoms with E-state index in [2.05, 4.69) is 17.6 Å². The zero-order valence-corrected chi connectivity index (χ0v) is 22.0. The summed E-state index contributed by atoms with van der Waals surface area (Å²) in [5.41, 5.74) is -0.242. The van der Waals surface area contributed by atoms with Crippen LogP contribution in [0, 0.1) is 47.3 Å². The van der Waals surface area contributed by atoms with Gasteiger partial charge in [-0.15, -0.1) is 0 Å². The lowest BCUT2D eigenvalue weighted by molar-refractivity contribution is -0.137. The highest BCUT2D eigenvalue weighted by molar-refractivity contribution is 6.27. The van der Waals surface area contributed by atoms with E-state index in [0.717, 1.165) is 6.42 Å². The predicted molar refractivity (Wildman–Crippen MR) is 138 cm³/mol. The fourth-order valence-corrected chi connectivity index (χ4v) is 8.61. The van der Waals surface area contributed by atoms with Gasteiger partial charge in [0.2, 0.25) is 5.91 Å². The number of fused-ring (bicyclic) bond motifs is 7. The van der Waals surface area contributed by atoms with E-state index < -0.39 is 36.0 Å². The van der Waals surface area contributed by atoms with Gasteiger partial charge in [0.05, 0.1) is 24.4 Å². The summed E-state index contributed by atoms with van der Waals surface area (Å²) in [6.07, 6.45) is 6.97. The lowest BCUT2D eigenvalue weighted by atomic mass is 9.62. The summed E-state index contributed by atoms with van der Waals surface area (Å²) in [5, 5.41) is 49.4. The first-order chi connectivity index (χ1) is 18.1. The minimum atomic E-state index is -0.973. The van der Waals surface area contributed by atoms with E-state index in [4.69, 9.17) is 0 Å². The Morgan fingerprint density at radius 2 is 1.71 bits per heavy atom. The van der Waals surface area contributed by atoms with Gasteiger partial charge >= 0.3 is 0 Å². The van der Waals surface area contributed by atoms with Crippen molar-refractivity contribution in [1.29, 1.82) is 0 Å². The van der Waals surface area contributed by atoms with E-state index in [-0.39, 0.29) is 64.6 Å². The molecule has 0 spiro atoms. The fraction of sp³-hybridized carbons (Fsp3) is 0.690. The van der Waals surface area contributed by atoms with Gasteiger partial charge < -0.3 is 31.1 Å². The molecule has 38 heavy (non-hydrogen) atoms. The van der Waals surface area contributed by atoms with Crippen LogP contribution >= 0.6 is 0 Å². The number of ketones is 1. The average Bonchev–Trinajstić information content (AvgIpc) is 3.49. The summed E-state index contributed by atoms with van der Waals surface area (Å²) in [6, 6.07) is -0.727. The van der Waals surface area contributed by atoms with Crippen molar-refractivity contribution in [2.45, 2.75) is 70.3 Å². The Bertz CT molecular complexity index is 1070. The van der Waals surface area contributed by atoms with Crippen LogP contribution in [0.2, 0.25) is 0 Å². The van der Waals surface area contributed by atoms with Crippen molar-refractivity contribution in [1.82, 2.24) is 10.6 Å². The van der Waals surface area contributed by atoms with Crippen LogP contribution in [0.3, 0.4) is 0 Å². The van der Waals surface area contributed by atoms with Crippen LogP contribution in [0.1, 0.15) is 46.0 Å². The van der Waals surface area contributed by atoms with Crippen LogP contribution in [0.5, 0.6) is 0 Å². The molecule has 0 aromatic heterocycles. The Morgan fingerprint density at radius 1 is 1.00 bits per heavy atom. The van der Waals surface area contributed by atoms with Gasteiger partial charge in [-0.25, -0.2) is 0 Å². The Hall–Kier alpha value is -2.49. The van der Waals surface area contributed by atoms with Gasteiger partial charge in [-0.05, 0) is 98.5 Å². The van der Waals surface area contributed by atoms with Crippen LogP contribution < -0.4 is 10.6 Å². The third kappa shape index (κ3) is 4.62. The van der Waals surface area contributed by atoms with Gasteiger partial charge in [0.1, 0.15) is 11.3 Å². The van der Waals surface area contributed by atoms with Gasteiger partial charge in [0.15, 0.2) is 5.78 Å². The molecular weight excluding hydrogens is 488 g/mol. The van der Waals surface area contributed by atoms with Crippen molar-refractivity contribution in [2.24, 2.45) is 47.3 Å². The summed E-state index contributed by atoms with van der Waals surface area (Å²) in [5.74, 6) is -1.91. The summed E-state index contributed by atoms with van der Waals surface area (Å²) in [7, 11) is 0. The normalized spacial score (nSPS) is 46.0. The maximum absolute atomic E-state index is 12.8. The third-order valence-electron chi connectivity index (χ3n) is 10.1. The molecule has 0 radical (unpaired) electrons. The number of aliphatic hydroxyl groups is 4. The average molecular weight is 529 g/mol. The van der Waals surface area contributed by atoms with Crippen molar-refractivity contribution in [3.05, 3.63) is 35.6 Å². The number of Topliss-reactive ketones (excluding diaryl/α,β-unsaturated/α-hetero) is 1. The largest absolute Gasteiger partial charge is 0.507 e. The molecule has 5 aliphatic rings. The second kappa shape index (κ2) is 10.6. The molecule has 12 atom stereocenters. The van der Waals surface area contributed by atoms with Gasteiger partial charge in [0.25, 0.3) is 5.91 Å². The number of carbonyl (C=O) groups is 3. The molecule has 0 unspecified atom stereocenters. The number of rotatable bonds is 1. The minimum absolute atomic E-state index is 0.0923. The van der Waals surface area contributed by atoms with Gasteiger partial charge in [-0.3, -0.25) is 14.4 Å². The van der Waals surface area contributed by atoms with Crippen molar-refractivity contribution in [3.63, 3.8) is 0 Å². The van der Waals surface area contributed by atoms with E-state index in [1.807, 2.05) is 12.2 Å². The smallest absolute Gasteiger partial charge is 0.259 e. The maximum Gasteiger partial charge on any atom is 0.259 e. The zero-order valence-electron chi connectivity index (χ0n) is 22.0. The predicted octanol–water partition coefficient (Wildman–Crippen LogP) is 1.15. The van der Waals surface area contributed by atoms with Crippen molar-refractivity contribution < 1.29 is 34.8 Å². The fourth-order valence-electron chi connectivity index (χ4n) is 8.61. The molecule has 4 fully saturated rings. The highest BCUT2D eigenvalue weighted by Crippen LogP contribution is 2.61. The standard InChI is InChI=1S/C29H40N2O7/c1-13-11-17-18-12-15-8-9-20(33)25-26(35)19(31-29(25)38)6-4-10-30-21(34)7-3-5-16(15)23(18)27(36)28(37)24(17)22(13)14(2)32/h3,7-9,13-19,22-24,27-28,32-33,36-37H,4-6,10-12H2,1-2H3,(H,30,34)(H,31,38)/b7-3-,9-8+,25-20?/t13-,14-,15-,16+,17-,18-,19+,22+,23-,24-,27+,28+/m1/s1. The molecule has 6 N–H and O–H groups in total. The number of nitrogens with one attached hydrogen (secondary N) is 2. The quantitative estimate of drug-likeness (QED) is 0.279. The van der Waals surface area contributed by atoms with E-state index in [9.17, 15) is 34.8 Å². The molecule has 2 heterocycles. The van der Waals surface area contributed by atoms with E-state index >= 15 is 0 Å². The first kappa shape index (κ1) is 27.1. The molecule has 0 aromatic carbocycles. The molecule has 9 nitrogen and oxygen atoms in total. The molecular formula is C29H40N2O7. The molecule has 2 aliphatic heterocycles. The molecule has 2 amide bonds. The second-order valence-corrected chi connectivity index (χ2v) is 12.1. The molecule has 9 heteroatoms. The number of amides is 2. The monoisotopic (exact) mass is 528 g/mol. The summed E-state index contributed by atoms with van der Waals surface area (Å²) in [4.78, 5) is 37.7. The minimum Gasteiger partial charge on any atom is -0.507 e. The summed E-state index contributed by atoms with van der Waals surface area (Å²) < 4.78 is 0. The first-order valence-corrected chi connectivity index (χ1v) is 14.0. The first-order valence-electron chi connectivity index (χ1n) is 14.0. The topological polar surface area (TPSA) is 156 Å². The molecule has 1 saturated heterocycles. The number of aliphatic hydroxyl groups excluding tert-OH is 4. The molecule has 3 saturated carbocycles. The van der Waals surface area contributed by atoms with Crippen molar-refractivity contribution in [3.8, 4) is 0 Å². The summed E-state index contributed by atoms with van der Waals surface area (Å²) in [6.45, 7) is 4.20. The van der Waals surface area contributed by atoms with E-state index in [0.29, 0.717) is 32.2 Å². The third-order valence-corrected chi connectivity index (χ3v) is 10.1. The number of hydrogen-bond donors (Lipinski definition) is 6. The van der Waals surface area contributed by atoms with E-state index in [1.165, 1.54) is 12.2 Å². The van der Waals surface area contributed by atoms with E-state index in [1.54, 1.807) is 6.92 Å². The Kier molecular flexibility index (Phi) is 7.55. The highest BCUT2D eigenvalue weighted by atomic mass is 16.3. The molecule has 3 aliphatic carbocycles. The van der Waals surface area contributed by atoms with Crippen LogP contribution in [0.4, 0.5) is 0 Å². The number of allylic oxidation sites excluding steroid dienone is 3. The maximum atomic E-state index is 12.8. The Balaban J connectivity index is 1.50. The van der Waals surface area contributed by atoms with Gasteiger partial charge in [0, 0.05) is 6.54 Å². The Morgan fingerprint density at radius 3 is 2.45 bits per heavy atom. The number of hydrogen-bond acceptors (Lipinski definition) is 7. The molecule has 2 bridgehead atoms. The SMILES string of the molecule is C[C@@H]1C[C@@H]2[C@H]3C[C@H]4/C=C/C(O)=C5C(=O)N[C@@H](CCCNC(=O)/C=C\C[C@@H]4[C@H]3[C@H](O)[C@@H](O)[C@H]2[C@@H]1[C@@H](C)O)C5=O. The highest BCUT2D eigenvalue weighted by Gasteiger charge is 2.61.